The lowest BCUT2D eigenvalue weighted by Gasteiger charge is -2.24. The van der Waals surface area contributed by atoms with Gasteiger partial charge in [0.2, 0.25) is 23.6 Å². The molecule has 4 N–H and O–H groups in total. The molecule has 154 valence electrons. The van der Waals surface area contributed by atoms with Crippen LogP contribution in [0.2, 0.25) is 0 Å². The molecule has 0 heterocycles. The fourth-order valence-corrected chi connectivity index (χ4v) is 1.84. The van der Waals surface area contributed by atoms with Crippen LogP contribution in [0.25, 0.3) is 0 Å². The topological polar surface area (TPSA) is 160 Å². The monoisotopic (exact) mass is 389 g/mol. The summed E-state index contributed by atoms with van der Waals surface area (Å²) in [4.78, 5) is 61.6. The zero-order valence-corrected chi connectivity index (χ0v) is 15.9. The highest BCUT2D eigenvalue weighted by atomic mass is 16.4. The Morgan fingerprint density at radius 2 is 1.30 bits per heavy atom. The van der Waals surface area contributed by atoms with Crippen LogP contribution in [0, 0.1) is 0 Å². The van der Waals surface area contributed by atoms with E-state index in [0.717, 1.165) is 9.80 Å². The summed E-state index contributed by atoms with van der Waals surface area (Å²) in [7, 11) is 5.77. The number of rotatable bonds is 11. The molecule has 0 spiro atoms. The van der Waals surface area contributed by atoms with Crippen LogP contribution in [-0.4, -0.2) is 122 Å². The van der Waals surface area contributed by atoms with Crippen molar-refractivity contribution in [2.75, 3.05) is 61.0 Å². The Balaban J connectivity index is 4.52. The number of nitrogens with zero attached hydrogens (tertiary/aromatic N) is 3. The first kappa shape index (κ1) is 24.3. The summed E-state index contributed by atoms with van der Waals surface area (Å²) >= 11 is 0. The van der Waals surface area contributed by atoms with Gasteiger partial charge >= 0.3 is 5.97 Å². The second kappa shape index (κ2) is 11.8. The Morgan fingerprint density at radius 1 is 0.852 bits per heavy atom. The second-order valence-electron chi connectivity index (χ2n) is 5.92. The quantitative estimate of drug-likeness (QED) is 0.279. The second-order valence-corrected chi connectivity index (χ2v) is 5.92. The highest BCUT2D eigenvalue weighted by Crippen LogP contribution is 1.94. The predicted octanol–water partition coefficient (Wildman–Crippen LogP) is -3.86. The number of carbonyl (C=O) groups excluding carboxylic acids is 4. The molecule has 12 heteroatoms. The van der Waals surface area contributed by atoms with Crippen molar-refractivity contribution in [1.29, 1.82) is 0 Å². The Kier molecular flexibility index (Phi) is 10.6. The summed E-state index contributed by atoms with van der Waals surface area (Å²) in [5.74, 6) is -3.46. The summed E-state index contributed by atoms with van der Waals surface area (Å²) < 4.78 is 0. The summed E-state index contributed by atoms with van der Waals surface area (Å²) in [6.07, 6.45) is 0. The SMILES string of the molecule is CNCC(=O)N(C)CC(=O)N(C)CC(=O)N(C)CC(=O)N[C@@H](CO)C(=O)O. The Labute approximate surface area is 157 Å². The average molecular weight is 389 g/mol. The molecule has 0 radical (unpaired) electrons. The van der Waals surface area contributed by atoms with Crippen molar-refractivity contribution < 1.29 is 34.2 Å². The number of likely N-dealkylation sites (N-methyl/N-ethyl adjacent to an activating group) is 4. The van der Waals surface area contributed by atoms with Crippen LogP contribution < -0.4 is 10.6 Å². The average Bonchev–Trinajstić information content (AvgIpc) is 2.58. The first-order valence-electron chi connectivity index (χ1n) is 8.02. The van der Waals surface area contributed by atoms with Crippen LogP contribution >= 0.6 is 0 Å². The third kappa shape index (κ3) is 8.96. The lowest BCUT2D eigenvalue weighted by Crippen LogP contribution is -2.49. The van der Waals surface area contributed by atoms with Gasteiger partial charge in [0.15, 0.2) is 0 Å². The van der Waals surface area contributed by atoms with Gasteiger partial charge in [-0.15, -0.1) is 0 Å². The van der Waals surface area contributed by atoms with E-state index in [1.807, 2.05) is 0 Å². The number of aliphatic hydroxyl groups is 1. The number of amides is 4. The van der Waals surface area contributed by atoms with Gasteiger partial charge in [0, 0.05) is 21.1 Å². The van der Waals surface area contributed by atoms with Crippen LogP contribution in [0.15, 0.2) is 0 Å². The highest BCUT2D eigenvalue weighted by molar-refractivity contribution is 5.91. The van der Waals surface area contributed by atoms with Crippen LogP contribution in [0.1, 0.15) is 0 Å². The predicted molar refractivity (Wildman–Crippen MR) is 93.5 cm³/mol. The molecule has 0 saturated heterocycles. The zero-order valence-electron chi connectivity index (χ0n) is 15.9. The van der Waals surface area contributed by atoms with Crippen molar-refractivity contribution >= 4 is 29.6 Å². The van der Waals surface area contributed by atoms with Crippen molar-refractivity contribution in [3.8, 4) is 0 Å². The van der Waals surface area contributed by atoms with E-state index in [0.29, 0.717) is 0 Å². The van der Waals surface area contributed by atoms with E-state index in [2.05, 4.69) is 10.6 Å². The lowest BCUT2D eigenvalue weighted by molar-refractivity contribution is -0.144. The van der Waals surface area contributed by atoms with E-state index < -0.39 is 42.9 Å². The Morgan fingerprint density at radius 3 is 1.70 bits per heavy atom. The third-order valence-corrected chi connectivity index (χ3v) is 3.55. The molecule has 0 aliphatic carbocycles. The maximum Gasteiger partial charge on any atom is 0.328 e. The molecule has 27 heavy (non-hydrogen) atoms. The van der Waals surface area contributed by atoms with E-state index in [-0.39, 0.29) is 25.5 Å². The molecule has 0 saturated carbocycles. The van der Waals surface area contributed by atoms with Gasteiger partial charge in [-0.3, -0.25) is 19.2 Å². The largest absolute Gasteiger partial charge is 0.480 e. The smallest absolute Gasteiger partial charge is 0.328 e. The normalized spacial score (nSPS) is 11.3. The summed E-state index contributed by atoms with van der Waals surface area (Å²) in [6.45, 7) is -1.67. The molecule has 0 unspecified atom stereocenters. The van der Waals surface area contributed by atoms with Crippen LogP contribution in [0.4, 0.5) is 0 Å². The van der Waals surface area contributed by atoms with E-state index in [1.165, 1.54) is 26.0 Å². The number of aliphatic hydroxyl groups excluding tert-OH is 1. The molecule has 4 amide bonds. The molecule has 1 atom stereocenters. The van der Waals surface area contributed by atoms with Crippen LogP contribution in [-0.2, 0) is 24.0 Å². The van der Waals surface area contributed by atoms with Gasteiger partial charge in [-0.2, -0.15) is 0 Å². The number of nitrogens with one attached hydrogen (secondary N) is 2. The van der Waals surface area contributed by atoms with Crippen molar-refractivity contribution in [2.24, 2.45) is 0 Å². The number of hydrogen-bond donors (Lipinski definition) is 4. The Hall–Kier alpha value is -2.73. The van der Waals surface area contributed by atoms with E-state index in [1.54, 1.807) is 7.05 Å². The van der Waals surface area contributed by atoms with Crippen LogP contribution in [0.3, 0.4) is 0 Å². The molecule has 12 nitrogen and oxygen atoms in total. The number of carbonyl (C=O) groups is 5. The van der Waals surface area contributed by atoms with Gasteiger partial charge in [0.25, 0.3) is 0 Å². The van der Waals surface area contributed by atoms with E-state index in [4.69, 9.17) is 10.2 Å². The number of carboxylic acid groups (broad SMARTS) is 1. The molecular weight excluding hydrogens is 362 g/mol. The molecule has 0 aromatic heterocycles. The minimum atomic E-state index is -1.46. The first-order chi connectivity index (χ1) is 12.5. The lowest BCUT2D eigenvalue weighted by atomic mass is 10.3. The third-order valence-electron chi connectivity index (χ3n) is 3.55. The van der Waals surface area contributed by atoms with Gasteiger partial charge < -0.3 is 35.5 Å². The van der Waals surface area contributed by atoms with E-state index >= 15 is 0 Å². The van der Waals surface area contributed by atoms with Crippen molar-refractivity contribution in [2.45, 2.75) is 6.04 Å². The summed E-state index contributed by atoms with van der Waals surface area (Å²) in [5.41, 5.74) is 0. The van der Waals surface area contributed by atoms with Gasteiger partial charge in [-0.1, -0.05) is 0 Å². The molecule has 0 rings (SSSR count). The van der Waals surface area contributed by atoms with E-state index in [9.17, 15) is 24.0 Å². The fraction of sp³-hybridized carbons (Fsp3) is 0.667. The number of hydrogen-bond acceptors (Lipinski definition) is 7. The molecule has 0 fully saturated rings. The fourth-order valence-electron chi connectivity index (χ4n) is 1.84. The Bertz CT molecular complexity index is 569. The number of carboxylic acids is 1. The van der Waals surface area contributed by atoms with Crippen LogP contribution in [0.5, 0.6) is 0 Å². The number of aliphatic carboxylic acids is 1. The summed E-state index contributed by atoms with van der Waals surface area (Å²) in [6, 6.07) is -1.46. The zero-order chi connectivity index (χ0) is 21.1. The van der Waals surface area contributed by atoms with Gasteiger partial charge in [-0.25, -0.2) is 4.79 Å². The molecule has 0 bridgehead atoms. The van der Waals surface area contributed by atoms with Crippen molar-refractivity contribution in [1.82, 2.24) is 25.3 Å². The minimum absolute atomic E-state index is 0.0788. The maximum atomic E-state index is 12.1. The van der Waals surface area contributed by atoms with Crippen molar-refractivity contribution in [3.05, 3.63) is 0 Å². The minimum Gasteiger partial charge on any atom is -0.480 e. The summed E-state index contributed by atoms with van der Waals surface area (Å²) in [5, 5.41) is 22.4. The maximum absolute atomic E-state index is 12.1. The van der Waals surface area contributed by atoms with Gasteiger partial charge in [0.1, 0.15) is 6.04 Å². The molecular formula is C15H27N5O7. The molecule has 0 aromatic rings. The molecule has 0 aliphatic heterocycles. The standard InChI is InChI=1S/C15H27N5O7/c1-16-5-12(23)19(3)7-14(25)20(4)8-13(24)18(2)6-11(22)17-10(9-21)15(26)27/h10,16,21H,5-9H2,1-4H3,(H,17,22)(H,26,27)/t10-/m0/s1. The molecule has 0 aliphatic rings. The van der Waals surface area contributed by atoms with Gasteiger partial charge in [0.05, 0.1) is 32.8 Å². The van der Waals surface area contributed by atoms with Gasteiger partial charge in [-0.05, 0) is 7.05 Å². The molecule has 0 aromatic carbocycles. The van der Waals surface area contributed by atoms with Crippen molar-refractivity contribution in [3.63, 3.8) is 0 Å². The highest BCUT2D eigenvalue weighted by Gasteiger charge is 2.22. The first-order valence-corrected chi connectivity index (χ1v) is 8.02.